The van der Waals surface area contributed by atoms with E-state index in [9.17, 15) is 4.79 Å². The Balaban J connectivity index is 0.00000149. The molecule has 0 fully saturated rings. The molecule has 1 aromatic carbocycles. The number of nitrogens with one attached hydrogen (secondary N) is 1. The second-order valence-electron chi connectivity index (χ2n) is 5.48. The number of halogens is 1. The average molecular weight is 344 g/mol. The number of hydrogen-bond donors (Lipinski definition) is 1. The van der Waals surface area contributed by atoms with E-state index in [1.807, 2.05) is 39.0 Å². The van der Waals surface area contributed by atoms with Crippen LogP contribution in [0, 0.1) is 0 Å². The highest BCUT2D eigenvalue weighted by molar-refractivity contribution is 6.32. The van der Waals surface area contributed by atoms with Gasteiger partial charge >= 0.3 is 12.2 Å². The van der Waals surface area contributed by atoms with Crippen LogP contribution in [0.15, 0.2) is 18.2 Å². The van der Waals surface area contributed by atoms with Crippen LogP contribution < -0.4 is 10.1 Å². The van der Waals surface area contributed by atoms with Crippen molar-refractivity contribution in [2.24, 2.45) is 0 Å². The summed E-state index contributed by atoms with van der Waals surface area (Å²) in [7, 11) is 0. The molecule has 1 rings (SSSR count). The van der Waals surface area contributed by atoms with Crippen LogP contribution in [0.25, 0.3) is 0 Å². The van der Waals surface area contributed by atoms with E-state index < -0.39 is 11.7 Å². The molecule has 6 nitrogen and oxygen atoms in total. The van der Waals surface area contributed by atoms with Crippen molar-refractivity contribution >= 4 is 23.8 Å². The van der Waals surface area contributed by atoms with Crippen molar-refractivity contribution in [2.45, 2.75) is 39.7 Å². The van der Waals surface area contributed by atoms with Gasteiger partial charge in [-0.2, -0.15) is 9.59 Å². The van der Waals surface area contributed by atoms with Gasteiger partial charge in [0, 0.05) is 0 Å². The van der Waals surface area contributed by atoms with Crippen molar-refractivity contribution in [3.63, 3.8) is 0 Å². The summed E-state index contributed by atoms with van der Waals surface area (Å²) in [6.07, 6.45) is 0.730. The lowest BCUT2D eigenvalue weighted by Crippen LogP contribution is -2.34. The van der Waals surface area contributed by atoms with Gasteiger partial charge in [-0.15, -0.1) is 0 Å². The van der Waals surface area contributed by atoms with Crippen molar-refractivity contribution in [2.75, 3.05) is 13.2 Å². The maximum Gasteiger partial charge on any atom is 0.407 e. The molecule has 0 aliphatic rings. The fourth-order valence-electron chi connectivity index (χ4n) is 1.51. The van der Waals surface area contributed by atoms with E-state index in [2.05, 4.69) is 12.2 Å². The second-order valence-corrected chi connectivity index (χ2v) is 5.89. The molecule has 23 heavy (non-hydrogen) atoms. The third kappa shape index (κ3) is 10.3. The van der Waals surface area contributed by atoms with E-state index in [-0.39, 0.29) is 6.15 Å². The molecule has 1 amide bonds. The van der Waals surface area contributed by atoms with Crippen LogP contribution >= 0.6 is 11.6 Å². The summed E-state index contributed by atoms with van der Waals surface area (Å²) < 4.78 is 10.6. The zero-order valence-corrected chi connectivity index (χ0v) is 14.5. The molecular formula is C16H22ClNO5. The Labute approximate surface area is 141 Å². The summed E-state index contributed by atoms with van der Waals surface area (Å²) in [5.74, 6) is 0.620. The molecule has 0 aliphatic carbocycles. The van der Waals surface area contributed by atoms with Crippen LogP contribution in [0.3, 0.4) is 0 Å². The average Bonchev–Trinajstić information content (AvgIpc) is 2.43. The van der Waals surface area contributed by atoms with Crippen molar-refractivity contribution in [3.8, 4) is 5.75 Å². The molecule has 0 spiro atoms. The number of ether oxygens (including phenoxy) is 2. The number of benzene rings is 1. The third-order valence-corrected chi connectivity index (χ3v) is 2.73. The van der Waals surface area contributed by atoms with E-state index in [0.29, 0.717) is 23.9 Å². The zero-order valence-electron chi connectivity index (χ0n) is 13.8. The predicted octanol–water partition coefficient (Wildman–Crippen LogP) is 3.22. The van der Waals surface area contributed by atoms with Crippen LogP contribution in [-0.2, 0) is 20.7 Å². The van der Waals surface area contributed by atoms with Crippen LogP contribution in [-0.4, -0.2) is 31.0 Å². The predicted molar refractivity (Wildman–Crippen MR) is 85.6 cm³/mol. The van der Waals surface area contributed by atoms with Gasteiger partial charge in [-0.1, -0.05) is 24.6 Å². The molecule has 0 saturated carbocycles. The molecule has 0 saturated heterocycles. The van der Waals surface area contributed by atoms with Crippen LogP contribution in [0.4, 0.5) is 4.79 Å². The van der Waals surface area contributed by atoms with E-state index in [4.69, 9.17) is 30.7 Å². The Morgan fingerprint density at radius 1 is 1.30 bits per heavy atom. The molecule has 1 aromatic rings. The van der Waals surface area contributed by atoms with Gasteiger partial charge in [0.1, 0.15) is 18.0 Å². The molecule has 128 valence electrons. The number of rotatable bonds is 5. The molecule has 0 aliphatic heterocycles. The number of amides is 1. The number of aryl methyl sites for hydroxylation is 1. The first-order chi connectivity index (χ1) is 10.7. The van der Waals surface area contributed by atoms with E-state index in [1.54, 1.807) is 0 Å². The second kappa shape index (κ2) is 10.6. The topological polar surface area (TPSA) is 81.7 Å². The number of hydrogen-bond acceptors (Lipinski definition) is 5. The summed E-state index contributed by atoms with van der Waals surface area (Å²) in [5, 5.41) is 3.21. The highest BCUT2D eigenvalue weighted by atomic mass is 35.5. The van der Waals surface area contributed by atoms with Crippen molar-refractivity contribution < 1.29 is 23.9 Å². The van der Waals surface area contributed by atoms with Gasteiger partial charge in [0.15, 0.2) is 0 Å². The highest BCUT2D eigenvalue weighted by Gasteiger charge is 2.15. The summed E-state index contributed by atoms with van der Waals surface area (Å²) in [6.45, 7) is 8.22. The van der Waals surface area contributed by atoms with Gasteiger partial charge in [-0.05, 0) is 44.9 Å². The lowest BCUT2D eigenvalue weighted by Gasteiger charge is -2.19. The summed E-state index contributed by atoms with van der Waals surface area (Å²) >= 11 is 6.10. The Kier molecular flexibility index (Phi) is 9.70. The number of alkyl carbamates (subject to hydrolysis) is 1. The van der Waals surface area contributed by atoms with Crippen LogP contribution in [0.5, 0.6) is 5.75 Å². The molecule has 0 atom stereocenters. The minimum atomic E-state index is -0.496. The van der Waals surface area contributed by atoms with E-state index in [1.165, 1.54) is 0 Å². The monoisotopic (exact) mass is 343 g/mol. The first kappa shape index (κ1) is 21.0. The van der Waals surface area contributed by atoms with Crippen molar-refractivity contribution in [3.05, 3.63) is 28.8 Å². The quantitative estimate of drug-likeness (QED) is 0.830. The molecule has 1 N–H and O–H groups in total. The van der Waals surface area contributed by atoms with Crippen molar-refractivity contribution in [1.29, 1.82) is 0 Å². The first-order valence-corrected chi connectivity index (χ1v) is 7.48. The molecule has 0 radical (unpaired) electrons. The van der Waals surface area contributed by atoms with Gasteiger partial charge in [-0.25, -0.2) is 4.79 Å². The van der Waals surface area contributed by atoms with Gasteiger partial charge in [0.25, 0.3) is 0 Å². The summed E-state index contributed by atoms with van der Waals surface area (Å²) in [6, 6.07) is 5.70. The van der Waals surface area contributed by atoms with E-state index in [0.717, 1.165) is 12.0 Å². The third-order valence-electron chi connectivity index (χ3n) is 2.43. The van der Waals surface area contributed by atoms with Gasteiger partial charge in [-0.3, -0.25) is 0 Å². The Morgan fingerprint density at radius 3 is 2.39 bits per heavy atom. The molecule has 0 heterocycles. The lowest BCUT2D eigenvalue weighted by atomic mass is 10.2. The normalized spacial score (nSPS) is 9.96. The van der Waals surface area contributed by atoms with Gasteiger partial charge in [0.2, 0.25) is 0 Å². The largest absolute Gasteiger partial charge is 0.490 e. The lowest BCUT2D eigenvalue weighted by molar-refractivity contribution is -0.191. The minimum Gasteiger partial charge on any atom is -0.490 e. The summed E-state index contributed by atoms with van der Waals surface area (Å²) in [4.78, 5) is 27.7. The Bertz CT molecular complexity index is 534. The molecule has 0 unspecified atom stereocenters. The van der Waals surface area contributed by atoms with Gasteiger partial charge < -0.3 is 14.8 Å². The standard InChI is InChI=1S/C15H22ClNO3.CO2/c1-5-11-6-7-13(12(16)10-11)19-9-8-17-14(18)20-15(2,3)4;2-1-3/h6-7,10H,5,8-9H2,1-4H3,(H,17,18);. The molecule has 0 aromatic heterocycles. The minimum absolute atomic E-state index is 0.250. The van der Waals surface area contributed by atoms with Crippen molar-refractivity contribution in [1.82, 2.24) is 5.32 Å². The maximum absolute atomic E-state index is 11.4. The summed E-state index contributed by atoms with van der Waals surface area (Å²) in [5.41, 5.74) is 0.666. The number of carbonyl (C=O) groups is 1. The molecule has 0 bridgehead atoms. The van der Waals surface area contributed by atoms with E-state index >= 15 is 0 Å². The fourth-order valence-corrected chi connectivity index (χ4v) is 1.77. The molecule has 7 heteroatoms. The molecular weight excluding hydrogens is 322 g/mol. The Morgan fingerprint density at radius 2 is 1.91 bits per heavy atom. The highest BCUT2D eigenvalue weighted by Crippen LogP contribution is 2.25. The zero-order chi connectivity index (χ0) is 17.9. The fraction of sp³-hybridized carbons (Fsp3) is 0.500. The number of carbonyl (C=O) groups excluding carboxylic acids is 3. The smallest absolute Gasteiger partial charge is 0.407 e. The SMILES string of the molecule is CCc1ccc(OCCNC(=O)OC(C)(C)C)c(Cl)c1.O=C=O. The van der Waals surface area contributed by atoms with Gasteiger partial charge in [0.05, 0.1) is 11.6 Å². The maximum atomic E-state index is 11.4. The van der Waals surface area contributed by atoms with Crippen LogP contribution in [0.2, 0.25) is 5.02 Å². The Hall–Kier alpha value is -2.04. The first-order valence-electron chi connectivity index (χ1n) is 7.10. The van der Waals surface area contributed by atoms with Crippen LogP contribution in [0.1, 0.15) is 33.3 Å².